The smallest absolute Gasteiger partial charge is 0.413 e. The number of alkyl carbamates (subject to hydrolysis) is 1. The van der Waals surface area contributed by atoms with E-state index in [1.54, 1.807) is 6.92 Å². The van der Waals surface area contributed by atoms with Crippen LogP contribution in [0.15, 0.2) is 0 Å². The predicted molar refractivity (Wildman–Crippen MR) is 67.1 cm³/mol. The summed E-state index contributed by atoms with van der Waals surface area (Å²) in [5.74, 6) is -0.351. The van der Waals surface area contributed by atoms with Gasteiger partial charge in [-0.15, -0.1) is 0 Å². The van der Waals surface area contributed by atoms with Crippen LogP contribution in [-0.2, 0) is 9.53 Å². The van der Waals surface area contributed by atoms with E-state index >= 15 is 0 Å². The van der Waals surface area contributed by atoms with Gasteiger partial charge in [-0.3, -0.25) is 15.0 Å². The summed E-state index contributed by atoms with van der Waals surface area (Å²) in [7, 11) is 2.03. The topological polar surface area (TPSA) is 87.9 Å². The average molecular weight is 258 g/mol. The second-order valence-electron chi connectivity index (χ2n) is 4.39. The molecule has 7 heteroatoms. The van der Waals surface area contributed by atoms with Crippen molar-refractivity contribution in [2.24, 2.45) is 5.73 Å². The molecule has 1 saturated heterocycles. The molecule has 0 saturated carbocycles. The number of amides is 2. The van der Waals surface area contributed by atoms with Gasteiger partial charge in [0.05, 0.1) is 13.2 Å². The SMILES string of the molecule is CCOC(=O)NC(=O)CN1CCN(C)CC1CN. The van der Waals surface area contributed by atoms with Crippen molar-refractivity contribution < 1.29 is 14.3 Å². The quantitative estimate of drug-likeness (QED) is 0.661. The number of imide groups is 1. The van der Waals surface area contributed by atoms with Gasteiger partial charge in [0.15, 0.2) is 0 Å². The number of piperazine rings is 1. The summed E-state index contributed by atoms with van der Waals surface area (Å²) in [5, 5.41) is 2.19. The number of ether oxygens (including phenoxy) is 1. The number of hydrogen-bond acceptors (Lipinski definition) is 6. The number of nitrogens with zero attached hydrogens (tertiary/aromatic N) is 2. The van der Waals surface area contributed by atoms with Gasteiger partial charge in [-0.1, -0.05) is 0 Å². The Balaban J connectivity index is 2.40. The fraction of sp³-hybridized carbons (Fsp3) is 0.818. The lowest BCUT2D eigenvalue weighted by atomic mass is 10.1. The van der Waals surface area contributed by atoms with Gasteiger partial charge in [0.25, 0.3) is 0 Å². The Bertz CT molecular complexity index is 298. The van der Waals surface area contributed by atoms with Gasteiger partial charge >= 0.3 is 6.09 Å². The van der Waals surface area contributed by atoms with Crippen LogP contribution >= 0.6 is 0 Å². The summed E-state index contributed by atoms with van der Waals surface area (Å²) < 4.78 is 4.65. The lowest BCUT2D eigenvalue weighted by molar-refractivity contribution is -0.122. The van der Waals surface area contributed by atoms with Crippen molar-refractivity contribution in [3.8, 4) is 0 Å². The summed E-state index contributed by atoms with van der Waals surface area (Å²) in [6, 6.07) is 0.150. The zero-order valence-electron chi connectivity index (χ0n) is 11.0. The first-order chi connectivity index (χ1) is 8.56. The molecule has 0 aliphatic carbocycles. The molecule has 0 spiro atoms. The molecule has 0 bridgehead atoms. The van der Waals surface area contributed by atoms with Crippen LogP contribution in [0, 0.1) is 0 Å². The molecule has 1 atom stereocenters. The van der Waals surface area contributed by atoms with Crippen LogP contribution in [0.5, 0.6) is 0 Å². The number of carbonyl (C=O) groups is 2. The molecule has 1 aliphatic rings. The van der Waals surface area contributed by atoms with E-state index in [2.05, 4.69) is 15.0 Å². The van der Waals surface area contributed by atoms with Crippen LogP contribution in [-0.4, -0.2) is 74.2 Å². The number of nitrogens with two attached hydrogens (primary N) is 1. The lowest BCUT2D eigenvalue weighted by Gasteiger charge is -2.38. The normalized spacial score (nSPS) is 21.6. The van der Waals surface area contributed by atoms with Crippen LogP contribution in [0.3, 0.4) is 0 Å². The van der Waals surface area contributed by atoms with Gasteiger partial charge in [0.2, 0.25) is 5.91 Å². The largest absolute Gasteiger partial charge is 0.450 e. The van der Waals surface area contributed by atoms with Crippen molar-refractivity contribution in [1.82, 2.24) is 15.1 Å². The van der Waals surface area contributed by atoms with Crippen molar-refractivity contribution in [3.05, 3.63) is 0 Å². The number of nitrogens with one attached hydrogen (secondary N) is 1. The third kappa shape index (κ3) is 4.59. The van der Waals surface area contributed by atoms with E-state index in [1.165, 1.54) is 0 Å². The van der Waals surface area contributed by atoms with Crippen molar-refractivity contribution >= 4 is 12.0 Å². The van der Waals surface area contributed by atoms with Crippen LogP contribution in [0.4, 0.5) is 4.79 Å². The van der Waals surface area contributed by atoms with Crippen molar-refractivity contribution in [2.45, 2.75) is 13.0 Å². The predicted octanol–water partition coefficient (Wildman–Crippen LogP) is -1.17. The lowest BCUT2D eigenvalue weighted by Crippen LogP contribution is -2.57. The zero-order chi connectivity index (χ0) is 13.5. The Morgan fingerprint density at radius 2 is 2.17 bits per heavy atom. The number of carbonyl (C=O) groups excluding carboxylic acids is 2. The van der Waals surface area contributed by atoms with E-state index < -0.39 is 6.09 Å². The maximum absolute atomic E-state index is 11.6. The summed E-state index contributed by atoms with van der Waals surface area (Å²) in [6.07, 6.45) is -0.694. The van der Waals surface area contributed by atoms with Gasteiger partial charge in [-0.05, 0) is 14.0 Å². The van der Waals surface area contributed by atoms with Gasteiger partial charge in [0.1, 0.15) is 0 Å². The Morgan fingerprint density at radius 3 is 2.78 bits per heavy atom. The molecule has 0 aromatic rings. The number of hydrogen-bond donors (Lipinski definition) is 2. The highest BCUT2D eigenvalue weighted by atomic mass is 16.5. The van der Waals surface area contributed by atoms with Crippen LogP contribution in [0.25, 0.3) is 0 Å². The molecule has 1 unspecified atom stereocenters. The molecule has 0 aromatic carbocycles. The first-order valence-electron chi connectivity index (χ1n) is 6.16. The number of rotatable bonds is 4. The van der Waals surface area contributed by atoms with Crippen LogP contribution < -0.4 is 11.1 Å². The first kappa shape index (κ1) is 14.9. The standard InChI is InChI=1S/C11H22N4O3/c1-3-18-11(17)13-10(16)8-15-5-4-14(2)7-9(15)6-12/h9H,3-8,12H2,1-2H3,(H,13,16,17). The average Bonchev–Trinajstić information content (AvgIpc) is 2.31. The number of likely N-dealkylation sites (N-methyl/N-ethyl adjacent to an activating group) is 1. The minimum atomic E-state index is -0.694. The molecule has 1 heterocycles. The first-order valence-corrected chi connectivity index (χ1v) is 6.16. The highest BCUT2D eigenvalue weighted by molar-refractivity contribution is 5.92. The Labute approximate surface area is 107 Å². The minimum absolute atomic E-state index is 0.150. The second kappa shape index (κ2) is 7.30. The second-order valence-corrected chi connectivity index (χ2v) is 4.39. The van der Waals surface area contributed by atoms with E-state index in [-0.39, 0.29) is 25.1 Å². The summed E-state index contributed by atoms with van der Waals surface area (Å²) in [6.45, 7) is 5.11. The summed E-state index contributed by atoms with van der Waals surface area (Å²) in [4.78, 5) is 26.9. The van der Waals surface area contributed by atoms with Crippen molar-refractivity contribution in [3.63, 3.8) is 0 Å². The van der Waals surface area contributed by atoms with Crippen molar-refractivity contribution in [1.29, 1.82) is 0 Å². The molecule has 1 rings (SSSR count). The monoisotopic (exact) mass is 258 g/mol. The Hall–Kier alpha value is -1.18. The molecule has 18 heavy (non-hydrogen) atoms. The van der Waals surface area contributed by atoms with E-state index in [1.807, 2.05) is 11.9 Å². The van der Waals surface area contributed by atoms with E-state index in [9.17, 15) is 9.59 Å². The third-order valence-electron chi connectivity index (χ3n) is 2.94. The molecule has 104 valence electrons. The molecule has 2 amide bonds. The van der Waals surface area contributed by atoms with Crippen molar-refractivity contribution in [2.75, 3.05) is 46.4 Å². The third-order valence-corrected chi connectivity index (χ3v) is 2.94. The van der Waals surface area contributed by atoms with Gasteiger partial charge in [-0.2, -0.15) is 0 Å². The Kier molecular flexibility index (Phi) is 6.03. The van der Waals surface area contributed by atoms with E-state index in [4.69, 9.17) is 5.73 Å². The molecule has 1 fully saturated rings. The molecule has 0 aromatic heterocycles. The van der Waals surface area contributed by atoms with E-state index in [0.717, 1.165) is 19.6 Å². The summed E-state index contributed by atoms with van der Waals surface area (Å²) in [5.41, 5.74) is 5.69. The molecule has 7 nitrogen and oxygen atoms in total. The molecule has 0 radical (unpaired) electrons. The molecular weight excluding hydrogens is 236 g/mol. The highest BCUT2D eigenvalue weighted by Gasteiger charge is 2.26. The highest BCUT2D eigenvalue weighted by Crippen LogP contribution is 2.06. The fourth-order valence-electron chi connectivity index (χ4n) is 1.99. The maximum Gasteiger partial charge on any atom is 0.413 e. The molecule has 3 N–H and O–H groups in total. The van der Waals surface area contributed by atoms with Gasteiger partial charge < -0.3 is 15.4 Å². The van der Waals surface area contributed by atoms with Crippen LogP contribution in [0.1, 0.15) is 6.92 Å². The fourth-order valence-corrected chi connectivity index (χ4v) is 1.99. The Morgan fingerprint density at radius 1 is 1.44 bits per heavy atom. The maximum atomic E-state index is 11.6. The zero-order valence-corrected chi connectivity index (χ0v) is 11.0. The minimum Gasteiger partial charge on any atom is -0.450 e. The van der Waals surface area contributed by atoms with Crippen LogP contribution in [0.2, 0.25) is 0 Å². The van der Waals surface area contributed by atoms with E-state index in [0.29, 0.717) is 6.54 Å². The van der Waals surface area contributed by atoms with Gasteiger partial charge in [-0.25, -0.2) is 4.79 Å². The van der Waals surface area contributed by atoms with Gasteiger partial charge in [0, 0.05) is 32.2 Å². The molecule has 1 aliphatic heterocycles. The molecular formula is C11H22N4O3. The summed E-state index contributed by atoms with van der Waals surface area (Å²) >= 11 is 0.